The Morgan fingerprint density at radius 1 is 0.492 bits per heavy atom. The van der Waals surface area contributed by atoms with Gasteiger partial charge in [-0.25, -0.2) is 0 Å². The highest BCUT2D eigenvalue weighted by Gasteiger charge is 2.24. The van der Waals surface area contributed by atoms with E-state index in [4.69, 9.17) is 4.74 Å². The second kappa shape index (κ2) is 47.1. The number of nitrogens with one attached hydrogen (secondary N) is 1. The molecule has 0 bridgehead atoms. The number of ether oxygens (including phenoxy) is 1. The maximum absolute atomic E-state index is 13.2. The van der Waals surface area contributed by atoms with Gasteiger partial charge in [0.2, 0.25) is 5.91 Å². The number of esters is 1. The summed E-state index contributed by atoms with van der Waals surface area (Å²) in [5.41, 5.74) is 0. The first-order valence-corrected chi connectivity index (χ1v) is 25.7. The maximum atomic E-state index is 13.2. The van der Waals surface area contributed by atoms with Crippen molar-refractivity contribution in [2.24, 2.45) is 0 Å². The predicted octanol–water partition coefficient (Wildman–Crippen LogP) is 15.3. The first kappa shape index (κ1) is 57.1. The summed E-state index contributed by atoms with van der Waals surface area (Å²) in [7, 11) is 0. The summed E-state index contributed by atoms with van der Waals surface area (Å²) in [6, 6.07) is -0.707. The van der Waals surface area contributed by atoms with Gasteiger partial charge in [0.05, 0.1) is 25.2 Å². The number of carbonyl (C=O) groups is 2. The summed E-state index contributed by atoms with van der Waals surface area (Å²) in [6.07, 6.45) is 54.8. The highest BCUT2D eigenvalue weighted by Crippen LogP contribution is 2.18. The summed E-state index contributed by atoms with van der Waals surface area (Å²) in [4.78, 5) is 26.1. The van der Waals surface area contributed by atoms with Crippen LogP contribution in [0.1, 0.15) is 265 Å². The number of hydrogen-bond donors (Lipinski definition) is 3. The van der Waals surface area contributed by atoms with Crippen LogP contribution in [-0.4, -0.2) is 46.9 Å². The van der Waals surface area contributed by atoms with Gasteiger partial charge < -0.3 is 20.3 Å². The van der Waals surface area contributed by atoms with Crippen molar-refractivity contribution in [3.63, 3.8) is 0 Å². The van der Waals surface area contributed by atoms with E-state index in [1.165, 1.54) is 135 Å². The molecule has 0 aromatic carbocycles. The molecule has 0 aliphatic carbocycles. The standard InChI is InChI=1S/C53H99NO5/c1-4-7-10-13-16-19-22-25-26-28-30-33-36-39-42-45-51(56)50(48-55)54-52(57)47-49(44-41-38-35-32-29-27-23-20-17-14-11-8-5-2)59-53(58)46-43-40-37-34-31-24-21-18-15-12-9-6-3/h17-18,20-21,23,27,49-51,55-56H,4-16,19,22,24-26,28-48H2,1-3H3,(H,54,57)/b20-17+,21-18-,27-23+. The van der Waals surface area contributed by atoms with E-state index in [1.54, 1.807) is 0 Å². The Morgan fingerprint density at radius 2 is 0.864 bits per heavy atom. The minimum Gasteiger partial charge on any atom is -0.462 e. The highest BCUT2D eigenvalue weighted by molar-refractivity contribution is 5.77. The quantitative estimate of drug-likeness (QED) is 0.0246. The molecule has 3 unspecified atom stereocenters. The second-order valence-corrected chi connectivity index (χ2v) is 17.6. The molecule has 3 N–H and O–H groups in total. The van der Waals surface area contributed by atoms with Gasteiger partial charge in [0.25, 0.3) is 0 Å². The number of unbranched alkanes of at least 4 members (excludes halogenated alkanes) is 29. The summed E-state index contributed by atoms with van der Waals surface area (Å²) in [5.74, 6) is -0.498. The number of allylic oxidation sites excluding steroid dienone is 6. The Morgan fingerprint density at radius 3 is 1.34 bits per heavy atom. The number of aliphatic hydroxyl groups is 2. The first-order chi connectivity index (χ1) is 29.0. The molecule has 0 radical (unpaired) electrons. The average molecular weight is 830 g/mol. The Balaban J connectivity index is 4.57. The van der Waals surface area contributed by atoms with E-state index < -0.39 is 18.2 Å². The van der Waals surface area contributed by atoms with Crippen LogP contribution >= 0.6 is 0 Å². The smallest absolute Gasteiger partial charge is 0.306 e. The molecule has 0 saturated heterocycles. The Bertz CT molecular complexity index is 977. The second-order valence-electron chi connectivity index (χ2n) is 17.6. The molecule has 0 rings (SSSR count). The molecule has 0 aliphatic rings. The molecule has 0 aromatic heterocycles. The molecule has 0 aliphatic heterocycles. The molecule has 0 spiro atoms. The number of carbonyl (C=O) groups excluding carboxylic acids is 2. The molecule has 6 heteroatoms. The Labute approximate surface area is 366 Å². The first-order valence-electron chi connectivity index (χ1n) is 25.7. The van der Waals surface area contributed by atoms with Crippen LogP contribution in [0.4, 0.5) is 0 Å². The minimum atomic E-state index is -0.792. The van der Waals surface area contributed by atoms with Crippen molar-refractivity contribution in [1.29, 1.82) is 0 Å². The third kappa shape index (κ3) is 42.6. The van der Waals surface area contributed by atoms with Crippen molar-refractivity contribution >= 4 is 11.9 Å². The van der Waals surface area contributed by atoms with Crippen LogP contribution in [0, 0.1) is 0 Å². The fourth-order valence-corrected chi connectivity index (χ4v) is 7.77. The summed E-state index contributed by atoms with van der Waals surface area (Å²) in [6.45, 7) is 6.43. The summed E-state index contributed by atoms with van der Waals surface area (Å²) < 4.78 is 5.91. The van der Waals surface area contributed by atoms with Crippen molar-refractivity contribution in [1.82, 2.24) is 5.32 Å². The van der Waals surface area contributed by atoms with E-state index in [1.807, 2.05) is 0 Å². The zero-order valence-electron chi connectivity index (χ0n) is 39.4. The number of rotatable bonds is 46. The van der Waals surface area contributed by atoms with Gasteiger partial charge >= 0.3 is 5.97 Å². The molecule has 0 aromatic rings. The van der Waals surface area contributed by atoms with Crippen LogP contribution in [0.15, 0.2) is 36.5 Å². The lowest BCUT2D eigenvalue weighted by Gasteiger charge is -2.24. The van der Waals surface area contributed by atoms with E-state index in [9.17, 15) is 19.8 Å². The van der Waals surface area contributed by atoms with E-state index in [0.29, 0.717) is 19.3 Å². The van der Waals surface area contributed by atoms with Gasteiger partial charge in [-0.15, -0.1) is 0 Å². The minimum absolute atomic E-state index is 0.0627. The van der Waals surface area contributed by atoms with Gasteiger partial charge in [0.15, 0.2) is 0 Å². The Kier molecular flexibility index (Phi) is 45.6. The molecule has 0 fully saturated rings. The van der Waals surface area contributed by atoms with Crippen LogP contribution in [0.2, 0.25) is 0 Å². The van der Waals surface area contributed by atoms with Crippen LogP contribution in [0.3, 0.4) is 0 Å². The number of aliphatic hydroxyl groups excluding tert-OH is 2. The molecule has 3 atom stereocenters. The summed E-state index contributed by atoms with van der Waals surface area (Å²) >= 11 is 0. The van der Waals surface area contributed by atoms with Crippen LogP contribution < -0.4 is 5.32 Å². The van der Waals surface area contributed by atoms with Crippen molar-refractivity contribution in [3.8, 4) is 0 Å². The van der Waals surface area contributed by atoms with Gasteiger partial charge in [-0.3, -0.25) is 9.59 Å². The van der Waals surface area contributed by atoms with Gasteiger partial charge in [-0.05, 0) is 77.0 Å². The number of amides is 1. The van der Waals surface area contributed by atoms with Gasteiger partial charge in [0.1, 0.15) is 6.10 Å². The fraction of sp³-hybridized carbons (Fsp3) is 0.849. The zero-order chi connectivity index (χ0) is 43.1. The fourth-order valence-electron chi connectivity index (χ4n) is 7.77. The molecule has 0 saturated carbocycles. The van der Waals surface area contributed by atoms with E-state index in [0.717, 1.165) is 83.5 Å². The topological polar surface area (TPSA) is 95.9 Å². The lowest BCUT2D eigenvalue weighted by molar-refractivity contribution is -0.151. The van der Waals surface area contributed by atoms with E-state index >= 15 is 0 Å². The normalized spacial score (nSPS) is 13.5. The third-order valence-electron chi connectivity index (χ3n) is 11.7. The molecule has 346 valence electrons. The molecular weight excluding hydrogens is 731 g/mol. The van der Waals surface area contributed by atoms with Gasteiger partial charge in [-0.2, -0.15) is 0 Å². The Hall–Kier alpha value is -1.92. The molecule has 59 heavy (non-hydrogen) atoms. The van der Waals surface area contributed by atoms with E-state index in [2.05, 4.69) is 62.5 Å². The lowest BCUT2D eigenvalue weighted by atomic mass is 10.0. The largest absolute Gasteiger partial charge is 0.462 e. The van der Waals surface area contributed by atoms with Gasteiger partial charge in [0, 0.05) is 6.42 Å². The van der Waals surface area contributed by atoms with Crippen molar-refractivity contribution in [3.05, 3.63) is 36.5 Å². The van der Waals surface area contributed by atoms with Gasteiger partial charge in [-0.1, -0.05) is 211 Å². The lowest BCUT2D eigenvalue weighted by Crippen LogP contribution is -2.46. The van der Waals surface area contributed by atoms with Crippen molar-refractivity contribution in [2.75, 3.05) is 6.61 Å². The zero-order valence-corrected chi connectivity index (χ0v) is 39.4. The van der Waals surface area contributed by atoms with Crippen LogP contribution in [0.25, 0.3) is 0 Å². The highest BCUT2D eigenvalue weighted by atomic mass is 16.5. The van der Waals surface area contributed by atoms with Crippen molar-refractivity contribution in [2.45, 2.75) is 283 Å². The number of hydrogen-bond acceptors (Lipinski definition) is 5. The van der Waals surface area contributed by atoms with E-state index in [-0.39, 0.29) is 24.9 Å². The van der Waals surface area contributed by atoms with Crippen molar-refractivity contribution < 1.29 is 24.5 Å². The third-order valence-corrected chi connectivity index (χ3v) is 11.7. The SMILES string of the molecule is CCCCC/C=C\CCCCCCCC(=O)OC(CCCCCC/C=C/C=C/CCCCC)CC(=O)NC(CO)C(O)CCCCCCCCCCCCCCCCC. The maximum Gasteiger partial charge on any atom is 0.306 e. The molecule has 1 amide bonds. The molecule has 6 nitrogen and oxygen atoms in total. The monoisotopic (exact) mass is 830 g/mol. The van der Waals surface area contributed by atoms with Crippen LogP contribution in [-0.2, 0) is 14.3 Å². The molecule has 0 heterocycles. The predicted molar refractivity (Wildman–Crippen MR) is 255 cm³/mol. The molecular formula is C53H99NO5. The summed E-state index contributed by atoms with van der Waals surface area (Å²) in [5, 5.41) is 23.8. The van der Waals surface area contributed by atoms with Crippen LogP contribution in [0.5, 0.6) is 0 Å². The average Bonchev–Trinajstić information content (AvgIpc) is 3.23.